The number of nitrogens with one attached hydrogen (secondary N) is 1. The van der Waals surface area contributed by atoms with E-state index in [9.17, 15) is 13.2 Å². The molecular formula is C13H16BrNO4S. The first-order chi connectivity index (χ1) is 9.22. The second-order valence-electron chi connectivity index (χ2n) is 5.16. The number of rotatable bonds is 5. The van der Waals surface area contributed by atoms with Gasteiger partial charge in [0.25, 0.3) is 0 Å². The van der Waals surface area contributed by atoms with Crippen LogP contribution in [0.15, 0.2) is 21.5 Å². The van der Waals surface area contributed by atoms with Crippen LogP contribution in [0.4, 0.5) is 0 Å². The standard InChI is InChI=1S/C13H16BrNO4S/c1-7-5-10(13(16)17)6-11(12(7)14)20(18,19)15-8(2)9-3-4-9/h5-6,8-9,15H,3-4H2,1-2H3,(H,16,17). The van der Waals surface area contributed by atoms with Crippen molar-refractivity contribution in [3.05, 3.63) is 27.7 Å². The highest BCUT2D eigenvalue weighted by atomic mass is 79.9. The van der Waals surface area contributed by atoms with Gasteiger partial charge in [-0.05, 0) is 66.2 Å². The topological polar surface area (TPSA) is 83.5 Å². The number of halogens is 1. The third-order valence-corrected chi connectivity index (χ3v) is 6.33. The molecule has 1 aliphatic rings. The van der Waals surface area contributed by atoms with Crippen LogP contribution in [0.2, 0.25) is 0 Å². The summed E-state index contributed by atoms with van der Waals surface area (Å²) in [6, 6.07) is 2.48. The molecule has 0 saturated heterocycles. The van der Waals surface area contributed by atoms with Gasteiger partial charge in [-0.1, -0.05) is 0 Å². The maximum Gasteiger partial charge on any atom is 0.335 e. The summed E-state index contributed by atoms with van der Waals surface area (Å²) >= 11 is 3.23. The van der Waals surface area contributed by atoms with Gasteiger partial charge in [-0.15, -0.1) is 0 Å². The molecule has 0 radical (unpaired) electrons. The van der Waals surface area contributed by atoms with Crippen molar-refractivity contribution in [3.8, 4) is 0 Å². The Balaban J connectivity index is 2.41. The predicted molar refractivity (Wildman–Crippen MR) is 78.3 cm³/mol. The summed E-state index contributed by atoms with van der Waals surface area (Å²) in [4.78, 5) is 11.0. The fraction of sp³-hybridized carbons (Fsp3) is 0.462. The van der Waals surface area contributed by atoms with E-state index in [1.807, 2.05) is 6.92 Å². The number of benzene rings is 1. The molecule has 0 spiro atoms. The first-order valence-electron chi connectivity index (χ1n) is 6.28. The van der Waals surface area contributed by atoms with Gasteiger partial charge in [-0.25, -0.2) is 17.9 Å². The first kappa shape index (κ1) is 15.5. The molecule has 2 rings (SSSR count). The van der Waals surface area contributed by atoms with E-state index in [4.69, 9.17) is 5.11 Å². The SMILES string of the molecule is Cc1cc(C(=O)O)cc(S(=O)(=O)NC(C)C2CC2)c1Br. The number of carboxylic acids is 1. The lowest BCUT2D eigenvalue weighted by Crippen LogP contribution is -2.34. The molecule has 1 atom stereocenters. The van der Waals surface area contributed by atoms with Gasteiger partial charge in [0.1, 0.15) is 0 Å². The van der Waals surface area contributed by atoms with Gasteiger partial charge in [0, 0.05) is 10.5 Å². The monoisotopic (exact) mass is 361 g/mol. The minimum Gasteiger partial charge on any atom is -0.478 e. The zero-order valence-electron chi connectivity index (χ0n) is 11.2. The van der Waals surface area contributed by atoms with Crippen LogP contribution in [0.3, 0.4) is 0 Å². The summed E-state index contributed by atoms with van der Waals surface area (Å²) in [7, 11) is -3.73. The maximum atomic E-state index is 12.4. The summed E-state index contributed by atoms with van der Waals surface area (Å²) in [5.41, 5.74) is 0.537. The van der Waals surface area contributed by atoms with Crippen molar-refractivity contribution in [2.24, 2.45) is 5.92 Å². The summed E-state index contributed by atoms with van der Waals surface area (Å²) in [6.45, 7) is 3.50. The average molecular weight is 362 g/mol. The van der Waals surface area contributed by atoms with Gasteiger partial charge in [0.15, 0.2) is 0 Å². The Kier molecular flexibility index (Phi) is 4.22. The van der Waals surface area contributed by atoms with Crippen molar-refractivity contribution in [2.75, 3.05) is 0 Å². The van der Waals surface area contributed by atoms with E-state index in [1.54, 1.807) is 6.92 Å². The van der Waals surface area contributed by atoms with E-state index >= 15 is 0 Å². The largest absolute Gasteiger partial charge is 0.478 e. The van der Waals surface area contributed by atoms with Crippen molar-refractivity contribution >= 4 is 31.9 Å². The molecule has 1 aromatic rings. The normalized spacial score (nSPS) is 16.9. The van der Waals surface area contributed by atoms with Crippen LogP contribution in [-0.4, -0.2) is 25.5 Å². The molecule has 7 heteroatoms. The second kappa shape index (κ2) is 5.46. The highest BCUT2D eigenvalue weighted by molar-refractivity contribution is 9.10. The molecule has 20 heavy (non-hydrogen) atoms. The molecule has 0 heterocycles. The van der Waals surface area contributed by atoms with Crippen LogP contribution in [0.5, 0.6) is 0 Å². The van der Waals surface area contributed by atoms with Crippen molar-refractivity contribution in [1.29, 1.82) is 0 Å². The minimum absolute atomic E-state index is 0.0256. The predicted octanol–water partition coefficient (Wildman–Crippen LogP) is 2.53. The van der Waals surface area contributed by atoms with Gasteiger partial charge in [-0.3, -0.25) is 0 Å². The third kappa shape index (κ3) is 3.21. The zero-order chi connectivity index (χ0) is 15.1. The lowest BCUT2D eigenvalue weighted by atomic mass is 10.1. The molecule has 0 aliphatic heterocycles. The van der Waals surface area contributed by atoms with E-state index < -0.39 is 16.0 Å². The van der Waals surface area contributed by atoms with E-state index in [0.29, 0.717) is 16.0 Å². The Morgan fingerprint density at radius 1 is 1.45 bits per heavy atom. The molecule has 0 aromatic heterocycles. The van der Waals surface area contributed by atoms with Crippen LogP contribution in [-0.2, 0) is 10.0 Å². The number of carbonyl (C=O) groups is 1. The van der Waals surface area contributed by atoms with Crippen LogP contribution in [0.25, 0.3) is 0 Å². The molecular weight excluding hydrogens is 346 g/mol. The van der Waals surface area contributed by atoms with Gasteiger partial charge in [-0.2, -0.15) is 0 Å². The highest BCUT2D eigenvalue weighted by Crippen LogP contribution is 2.34. The van der Waals surface area contributed by atoms with Crippen molar-refractivity contribution in [1.82, 2.24) is 4.72 Å². The zero-order valence-corrected chi connectivity index (χ0v) is 13.6. The number of aromatic carboxylic acids is 1. The Morgan fingerprint density at radius 2 is 2.05 bits per heavy atom. The molecule has 0 bridgehead atoms. The molecule has 5 nitrogen and oxygen atoms in total. The lowest BCUT2D eigenvalue weighted by Gasteiger charge is -2.15. The van der Waals surface area contributed by atoms with E-state index in [0.717, 1.165) is 12.8 Å². The highest BCUT2D eigenvalue weighted by Gasteiger charge is 2.32. The van der Waals surface area contributed by atoms with Crippen molar-refractivity contribution in [2.45, 2.75) is 37.6 Å². The van der Waals surface area contributed by atoms with Gasteiger partial charge < -0.3 is 5.11 Å². The third-order valence-electron chi connectivity index (χ3n) is 3.43. The van der Waals surface area contributed by atoms with Crippen LogP contribution >= 0.6 is 15.9 Å². The Labute approximate surface area is 126 Å². The van der Waals surface area contributed by atoms with Gasteiger partial charge >= 0.3 is 5.97 Å². The molecule has 2 N–H and O–H groups in total. The van der Waals surface area contributed by atoms with E-state index in [2.05, 4.69) is 20.7 Å². The molecule has 1 fully saturated rings. The molecule has 1 unspecified atom stereocenters. The van der Waals surface area contributed by atoms with Gasteiger partial charge in [0.05, 0.1) is 10.5 Å². The minimum atomic E-state index is -3.73. The number of aryl methyl sites for hydroxylation is 1. The summed E-state index contributed by atoms with van der Waals surface area (Å²) in [5, 5.41) is 9.04. The summed E-state index contributed by atoms with van der Waals surface area (Å²) in [6.07, 6.45) is 2.05. The first-order valence-corrected chi connectivity index (χ1v) is 8.56. The number of sulfonamides is 1. The van der Waals surface area contributed by atoms with E-state index in [1.165, 1.54) is 12.1 Å². The van der Waals surface area contributed by atoms with Crippen molar-refractivity contribution < 1.29 is 18.3 Å². The summed E-state index contributed by atoms with van der Waals surface area (Å²) in [5.74, 6) is -0.764. The van der Waals surface area contributed by atoms with Crippen LogP contribution in [0.1, 0.15) is 35.7 Å². The Morgan fingerprint density at radius 3 is 2.55 bits per heavy atom. The van der Waals surface area contributed by atoms with E-state index in [-0.39, 0.29) is 16.5 Å². The maximum absolute atomic E-state index is 12.4. The Hall–Kier alpha value is -0.920. The average Bonchev–Trinajstić information content (AvgIpc) is 3.15. The smallest absolute Gasteiger partial charge is 0.335 e. The molecule has 1 aromatic carbocycles. The molecule has 1 saturated carbocycles. The number of hydrogen-bond acceptors (Lipinski definition) is 3. The quantitative estimate of drug-likeness (QED) is 0.843. The molecule has 1 aliphatic carbocycles. The van der Waals surface area contributed by atoms with Crippen LogP contribution < -0.4 is 4.72 Å². The fourth-order valence-electron chi connectivity index (χ4n) is 2.06. The molecule has 0 amide bonds. The summed E-state index contributed by atoms with van der Waals surface area (Å²) < 4.78 is 27.8. The fourth-order valence-corrected chi connectivity index (χ4v) is 4.41. The van der Waals surface area contributed by atoms with Crippen molar-refractivity contribution in [3.63, 3.8) is 0 Å². The Bertz CT molecular complexity index is 653. The second-order valence-corrected chi connectivity index (χ2v) is 7.63. The van der Waals surface area contributed by atoms with Crippen LogP contribution in [0, 0.1) is 12.8 Å². The molecule has 110 valence electrons. The number of carboxylic acid groups (broad SMARTS) is 1. The number of hydrogen-bond donors (Lipinski definition) is 2. The lowest BCUT2D eigenvalue weighted by molar-refractivity contribution is 0.0696. The van der Waals surface area contributed by atoms with Gasteiger partial charge in [0.2, 0.25) is 10.0 Å².